The lowest BCUT2D eigenvalue weighted by molar-refractivity contribution is 0.0997. The SMILES string of the molecule is CCC(Oc1cc(-n2cnc3cnc(CN4CCCN(C)CC4)cc32)sc1C(N)=O)c1ccccc1Cl. The Balaban J connectivity index is 1.45. The zero-order chi connectivity index (χ0) is 25.9. The van der Waals surface area contributed by atoms with Crippen LogP contribution in [-0.4, -0.2) is 63.5 Å². The van der Waals surface area contributed by atoms with Crippen LogP contribution in [0.3, 0.4) is 0 Å². The van der Waals surface area contributed by atoms with Gasteiger partial charge in [0.2, 0.25) is 0 Å². The van der Waals surface area contributed by atoms with Crippen molar-refractivity contribution in [2.75, 3.05) is 33.2 Å². The molecule has 1 amide bonds. The molecule has 4 aromatic rings. The third-order valence-corrected chi connectivity index (χ3v) is 8.20. The molecule has 4 heterocycles. The summed E-state index contributed by atoms with van der Waals surface area (Å²) >= 11 is 7.72. The first-order chi connectivity index (χ1) is 17.9. The molecule has 37 heavy (non-hydrogen) atoms. The highest BCUT2D eigenvalue weighted by Gasteiger charge is 2.22. The molecular weight excluding hydrogens is 508 g/mol. The van der Waals surface area contributed by atoms with E-state index in [9.17, 15) is 4.79 Å². The minimum Gasteiger partial charge on any atom is -0.484 e. The fourth-order valence-corrected chi connectivity index (χ4v) is 5.88. The molecule has 1 unspecified atom stereocenters. The van der Waals surface area contributed by atoms with Crippen LogP contribution in [0.25, 0.3) is 16.0 Å². The van der Waals surface area contributed by atoms with E-state index in [4.69, 9.17) is 22.1 Å². The largest absolute Gasteiger partial charge is 0.484 e. The van der Waals surface area contributed by atoms with E-state index in [0.717, 1.165) is 66.4 Å². The van der Waals surface area contributed by atoms with Crippen LogP contribution in [0.1, 0.15) is 46.8 Å². The van der Waals surface area contributed by atoms with Crippen LogP contribution >= 0.6 is 22.9 Å². The zero-order valence-electron chi connectivity index (χ0n) is 21.1. The number of pyridine rings is 1. The van der Waals surface area contributed by atoms with Crippen molar-refractivity contribution in [1.82, 2.24) is 24.3 Å². The Kier molecular flexibility index (Phi) is 7.76. The lowest BCUT2D eigenvalue weighted by Crippen LogP contribution is -2.28. The number of nitrogens with zero attached hydrogens (tertiary/aromatic N) is 5. The van der Waals surface area contributed by atoms with Gasteiger partial charge in [-0.2, -0.15) is 0 Å². The Morgan fingerprint density at radius 3 is 2.81 bits per heavy atom. The number of aromatic nitrogens is 3. The number of carbonyl (C=O) groups is 1. The van der Waals surface area contributed by atoms with Gasteiger partial charge in [0.1, 0.15) is 33.6 Å². The quantitative estimate of drug-likeness (QED) is 0.343. The summed E-state index contributed by atoms with van der Waals surface area (Å²) in [5.74, 6) is -0.0812. The van der Waals surface area contributed by atoms with Crippen molar-refractivity contribution in [1.29, 1.82) is 0 Å². The number of rotatable bonds is 8. The molecule has 1 fully saturated rings. The molecule has 1 atom stereocenters. The van der Waals surface area contributed by atoms with Crippen molar-refractivity contribution in [3.8, 4) is 10.8 Å². The number of fused-ring (bicyclic) bond motifs is 1. The number of hydrogen-bond donors (Lipinski definition) is 1. The van der Waals surface area contributed by atoms with Crippen LogP contribution in [0.2, 0.25) is 5.02 Å². The third kappa shape index (κ3) is 5.65. The van der Waals surface area contributed by atoms with Crippen molar-refractivity contribution in [2.45, 2.75) is 32.4 Å². The van der Waals surface area contributed by atoms with E-state index in [0.29, 0.717) is 22.1 Å². The van der Waals surface area contributed by atoms with Crippen LogP contribution in [0.5, 0.6) is 5.75 Å². The number of likely N-dealkylation sites (N-methyl/N-ethyl adjacent to an activating group) is 1. The van der Waals surface area contributed by atoms with E-state index in [1.165, 1.54) is 11.3 Å². The summed E-state index contributed by atoms with van der Waals surface area (Å²) in [5, 5.41) is 1.43. The number of primary amides is 1. The summed E-state index contributed by atoms with van der Waals surface area (Å²) in [6, 6.07) is 11.5. The maximum absolute atomic E-state index is 12.4. The van der Waals surface area contributed by atoms with E-state index >= 15 is 0 Å². The molecule has 3 aromatic heterocycles. The Morgan fingerprint density at radius 1 is 1.19 bits per heavy atom. The van der Waals surface area contributed by atoms with E-state index in [1.54, 1.807) is 6.33 Å². The summed E-state index contributed by atoms with van der Waals surface area (Å²) in [6.07, 6.45) is 5.09. The molecule has 1 aliphatic rings. The van der Waals surface area contributed by atoms with Crippen LogP contribution in [0.4, 0.5) is 0 Å². The van der Waals surface area contributed by atoms with Gasteiger partial charge in [-0.05, 0) is 45.1 Å². The summed E-state index contributed by atoms with van der Waals surface area (Å²) in [7, 11) is 2.17. The lowest BCUT2D eigenvalue weighted by Gasteiger charge is -2.19. The summed E-state index contributed by atoms with van der Waals surface area (Å²) in [4.78, 5) is 26.7. The zero-order valence-corrected chi connectivity index (χ0v) is 22.6. The fraction of sp³-hybridized carbons (Fsp3) is 0.370. The minimum absolute atomic E-state index is 0.308. The van der Waals surface area contributed by atoms with Crippen LogP contribution in [0, 0.1) is 0 Å². The predicted octanol–water partition coefficient (Wildman–Crippen LogP) is 4.90. The first-order valence-corrected chi connectivity index (χ1v) is 13.7. The predicted molar refractivity (Wildman–Crippen MR) is 148 cm³/mol. The maximum Gasteiger partial charge on any atom is 0.262 e. The lowest BCUT2D eigenvalue weighted by atomic mass is 10.1. The number of ether oxygens (including phenoxy) is 1. The second kappa shape index (κ2) is 11.2. The number of carbonyl (C=O) groups excluding carboxylic acids is 1. The van der Waals surface area contributed by atoms with Crippen molar-refractivity contribution in [2.24, 2.45) is 5.73 Å². The van der Waals surface area contributed by atoms with Crippen molar-refractivity contribution in [3.05, 3.63) is 70.1 Å². The van der Waals surface area contributed by atoms with Gasteiger partial charge in [-0.1, -0.05) is 36.7 Å². The van der Waals surface area contributed by atoms with E-state index in [-0.39, 0.29) is 6.10 Å². The Labute approximate surface area is 225 Å². The van der Waals surface area contributed by atoms with E-state index < -0.39 is 5.91 Å². The van der Waals surface area contributed by atoms with Crippen LogP contribution in [-0.2, 0) is 6.54 Å². The Hall–Kier alpha value is -2.98. The van der Waals surface area contributed by atoms with Gasteiger partial charge >= 0.3 is 0 Å². The van der Waals surface area contributed by atoms with Crippen molar-refractivity contribution in [3.63, 3.8) is 0 Å². The van der Waals surface area contributed by atoms with Gasteiger partial charge in [-0.15, -0.1) is 11.3 Å². The van der Waals surface area contributed by atoms with Crippen molar-refractivity contribution >= 4 is 39.9 Å². The van der Waals surface area contributed by atoms with Gasteiger partial charge < -0.3 is 15.4 Å². The standard InChI is InChI=1S/C27H31ClN6O2S/c1-3-23(19-7-4-5-8-20(19)28)36-24-14-25(37-26(24)27(29)35)34-17-31-21-15-30-18(13-22(21)34)16-33-10-6-9-32(2)11-12-33/h4-5,7-8,13-15,17,23H,3,6,9-12,16H2,1-2H3,(H2,29,35). The molecule has 5 rings (SSSR count). The minimum atomic E-state index is -0.529. The molecule has 0 bridgehead atoms. The number of thiophene rings is 1. The average molecular weight is 539 g/mol. The van der Waals surface area contributed by atoms with Gasteiger partial charge in [0.25, 0.3) is 5.91 Å². The summed E-state index contributed by atoms with van der Waals surface area (Å²) in [5.41, 5.74) is 9.34. The van der Waals surface area contributed by atoms with Gasteiger partial charge in [0.05, 0.1) is 17.4 Å². The molecule has 0 radical (unpaired) electrons. The normalized spacial score (nSPS) is 16.1. The van der Waals surface area contributed by atoms with Gasteiger partial charge in [0.15, 0.2) is 0 Å². The van der Waals surface area contributed by atoms with Gasteiger partial charge in [-0.3, -0.25) is 19.2 Å². The summed E-state index contributed by atoms with van der Waals surface area (Å²) < 4.78 is 8.30. The molecule has 1 aliphatic heterocycles. The molecule has 0 saturated carbocycles. The Morgan fingerprint density at radius 2 is 2.03 bits per heavy atom. The molecule has 2 N–H and O–H groups in total. The number of benzene rings is 1. The van der Waals surface area contributed by atoms with E-state index in [2.05, 4.69) is 32.9 Å². The summed E-state index contributed by atoms with van der Waals surface area (Å²) in [6.45, 7) is 7.06. The van der Waals surface area contributed by atoms with Crippen molar-refractivity contribution < 1.29 is 9.53 Å². The molecule has 1 saturated heterocycles. The number of amides is 1. The highest BCUT2D eigenvalue weighted by Crippen LogP contribution is 2.38. The monoisotopic (exact) mass is 538 g/mol. The molecule has 0 spiro atoms. The molecule has 10 heteroatoms. The number of halogens is 1. The third-order valence-electron chi connectivity index (χ3n) is 6.73. The maximum atomic E-state index is 12.4. The molecule has 0 aliphatic carbocycles. The van der Waals surface area contributed by atoms with Gasteiger partial charge in [0, 0.05) is 36.3 Å². The number of imidazole rings is 1. The second-order valence-electron chi connectivity index (χ2n) is 9.39. The number of hydrogen-bond acceptors (Lipinski definition) is 7. The van der Waals surface area contributed by atoms with E-state index in [1.807, 2.05) is 48.0 Å². The fourth-order valence-electron chi connectivity index (χ4n) is 4.70. The first kappa shape index (κ1) is 25.7. The van der Waals surface area contributed by atoms with Crippen LogP contribution < -0.4 is 10.5 Å². The Bertz CT molecular complexity index is 1400. The molecule has 194 valence electrons. The van der Waals surface area contributed by atoms with Crippen LogP contribution in [0.15, 0.2) is 48.9 Å². The molecular formula is C27H31ClN6O2S. The van der Waals surface area contributed by atoms with Gasteiger partial charge in [-0.25, -0.2) is 4.98 Å². The average Bonchev–Trinajstić information content (AvgIpc) is 3.44. The number of nitrogens with two attached hydrogens (primary N) is 1. The smallest absolute Gasteiger partial charge is 0.262 e. The highest BCUT2D eigenvalue weighted by atomic mass is 35.5. The highest BCUT2D eigenvalue weighted by molar-refractivity contribution is 7.16. The molecule has 1 aromatic carbocycles. The molecule has 8 nitrogen and oxygen atoms in total. The second-order valence-corrected chi connectivity index (χ2v) is 10.8. The first-order valence-electron chi connectivity index (χ1n) is 12.5. The topological polar surface area (TPSA) is 89.5 Å².